The van der Waals surface area contributed by atoms with Gasteiger partial charge in [0.25, 0.3) is 0 Å². The predicted molar refractivity (Wildman–Crippen MR) is 166 cm³/mol. The maximum atomic E-state index is 5.97. The first-order valence-corrected chi connectivity index (χ1v) is 13.7. The molecule has 0 amide bonds. The van der Waals surface area contributed by atoms with Crippen molar-refractivity contribution in [3.05, 3.63) is 134 Å². The number of para-hydroxylation sites is 3. The van der Waals surface area contributed by atoms with Crippen LogP contribution in [0.25, 0.3) is 77.7 Å². The van der Waals surface area contributed by atoms with E-state index >= 15 is 0 Å². The normalized spacial score (nSPS) is 11.9. The van der Waals surface area contributed by atoms with Crippen molar-refractivity contribution in [2.75, 3.05) is 0 Å². The average Bonchev–Trinajstić information content (AvgIpc) is 3.71. The van der Waals surface area contributed by atoms with Crippen LogP contribution in [-0.4, -0.2) is 19.1 Å². The maximum Gasteiger partial charge on any atom is 0.228 e. The van der Waals surface area contributed by atoms with E-state index in [1.807, 2.05) is 12.1 Å². The lowest BCUT2D eigenvalue weighted by atomic mass is 10.1. The van der Waals surface area contributed by atoms with Crippen molar-refractivity contribution in [3.63, 3.8) is 0 Å². The van der Waals surface area contributed by atoms with Gasteiger partial charge in [-0.05, 0) is 72.8 Å². The number of aromatic nitrogens is 4. The molecule has 0 aliphatic heterocycles. The molecule has 0 unspecified atom stereocenters. The zero-order chi connectivity index (χ0) is 26.9. The third-order valence-corrected chi connectivity index (χ3v) is 8.02. The first kappa shape index (κ1) is 22.2. The molecule has 0 aliphatic rings. The van der Waals surface area contributed by atoms with Gasteiger partial charge in [-0.25, -0.2) is 4.98 Å². The Bertz CT molecular complexity index is 2380. The summed E-state index contributed by atoms with van der Waals surface area (Å²) in [5, 5.41) is 4.92. The largest absolute Gasteiger partial charge is 0.434 e. The van der Waals surface area contributed by atoms with Crippen LogP contribution in [0, 0.1) is 0 Å². The fourth-order valence-corrected chi connectivity index (χ4v) is 6.21. The third kappa shape index (κ3) is 3.23. The van der Waals surface area contributed by atoms with Crippen molar-refractivity contribution in [1.29, 1.82) is 0 Å². The Morgan fingerprint density at radius 1 is 0.488 bits per heavy atom. The Hall–Kier alpha value is -5.68. The Balaban J connectivity index is 1.30. The third-order valence-electron chi connectivity index (χ3n) is 8.02. The molecule has 5 nitrogen and oxygen atoms in total. The minimum atomic E-state index is 0.572. The van der Waals surface area contributed by atoms with Crippen LogP contribution >= 0.6 is 0 Å². The quantitative estimate of drug-likeness (QED) is 0.231. The summed E-state index contributed by atoms with van der Waals surface area (Å²) in [6.45, 7) is 0. The molecule has 0 saturated heterocycles. The van der Waals surface area contributed by atoms with E-state index in [9.17, 15) is 0 Å². The molecule has 192 valence electrons. The molecular formula is C36H22N4O. The topological polar surface area (TPSA) is 48.8 Å². The summed E-state index contributed by atoms with van der Waals surface area (Å²) in [6.07, 6.45) is 1.73. The van der Waals surface area contributed by atoms with Crippen LogP contribution in [0.1, 0.15) is 0 Å². The summed E-state index contributed by atoms with van der Waals surface area (Å²) in [6, 6.07) is 44.8. The SMILES string of the molecule is c1ccc(-n2c3ccccc3c3cc4c(cc32)c2ccccc2n4-c2ccc(-c3nc4ncccc4o3)cc2)cc1. The molecule has 0 aliphatic carbocycles. The highest BCUT2D eigenvalue weighted by molar-refractivity contribution is 6.19. The molecule has 9 aromatic rings. The highest BCUT2D eigenvalue weighted by Gasteiger charge is 2.18. The predicted octanol–water partition coefficient (Wildman–Crippen LogP) is 9.08. The van der Waals surface area contributed by atoms with Gasteiger partial charge in [0.2, 0.25) is 5.89 Å². The number of nitrogens with zero attached hydrogens (tertiary/aromatic N) is 4. The molecule has 0 N–H and O–H groups in total. The minimum Gasteiger partial charge on any atom is -0.434 e. The van der Waals surface area contributed by atoms with Crippen molar-refractivity contribution in [2.24, 2.45) is 0 Å². The Morgan fingerprint density at radius 3 is 1.71 bits per heavy atom. The van der Waals surface area contributed by atoms with E-state index < -0.39 is 0 Å². The van der Waals surface area contributed by atoms with E-state index in [-0.39, 0.29) is 0 Å². The number of fused-ring (bicyclic) bond motifs is 7. The first-order valence-electron chi connectivity index (χ1n) is 13.7. The lowest BCUT2D eigenvalue weighted by Gasteiger charge is -2.09. The molecule has 0 fully saturated rings. The smallest absolute Gasteiger partial charge is 0.228 e. The Morgan fingerprint density at radius 2 is 1.07 bits per heavy atom. The van der Waals surface area contributed by atoms with Crippen LogP contribution in [-0.2, 0) is 0 Å². The molecule has 5 heteroatoms. The lowest BCUT2D eigenvalue weighted by Crippen LogP contribution is -1.94. The molecule has 4 aromatic heterocycles. The molecule has 0 bridgehead atoms. The monoisotopic (exact) mass is 526 g/mol. The van der Waals surface area contributed by atoms with Crippen molar-refractivity contribution in [1.82, 2.24) is 19.1 Å². The van der Waals surface area contributed by atoms with Crippen LogP contribution in [0.4, 0.5) is 0 Å². The second-order valence-electron chi connectivity index (χ2n) is 10.3. The number of hydrogen-bond acceptors (Lipinski definition) is 3. The van der Waals surface area contributed by atoms with Crippen molar-refractivity contribution in [2.45, 2.75) is 0 Å². The molecule has 0 atom stereocenters. The Labute approximate surface area is 234 Å². The van der Waals surface area contributed by atoms with Gasteiger partial charge in [0.05, 0.1) is 22.1 Å². The van der Waals surface area contributed by atoms with Gasteiger partial charge in [-0.3, -0.25) is 0 Å². The van der Waals surface area contributed by atoms with E-state index in [0.29, 0.717) is 17.1 Å². The lowest BCUT2D eigenvalue weighted by molar-refractivity contribution is 0.619. The van der Waals surface area contributed by atoms with Gasteiger partial charge in [0.15, 0.2) is 11.2 Å². The highest BCUT2D eigenvalue weighted by atomic mass is 16.3. The van der Waals surface area contributed by atoms with E-state index in [1.165, 1.54) is 43.6 Å². The fourth-order valence-electron chi connectivity index (χ4n) is 6.21. The summed E-state index contributed by atoms with van der Waals surface area (Å²) >= 11 is 0. The van der Waals surface area contributed by atoms with Gasteiger partial charge in [0, 0.05) is 44.7 Å². The van der Waals surface area contributed by atoms with Crippen molar-refractivity contribution >= 4 is 54.8 Å². The zero-order valence-electron chi connectivity index (χ0n) is 21.9. The Kier molecular flexibility index (Phi) is 4.55. The summed E-state index contributed by atoms with van der Waals surface area (Å²) < 4.78 is 10.7. The number of pyridine rings is 1. The van der Waals surface area contributed by atoms with Crippen molar-refractivity contribution < 1.29 is 4.42 Å². The van der Waals surface area contributed by atoms with E-state index in [1.54, 1.807) is 6.20 Å². The number of benzene rings is 5. The second-order valence-corrected chi connectivity index (χ2v) is 10.3. The molecular weight excluding hydrogens is 504 g/mol. The van der Waals surface area contributed by atoms with E-state index in [2.05, 4.69) is 134 Å². The molecule has 0 spiro atoms. The van der Waals surface area contributed by atoms with Gasteiger partial charge >= 0.3 is 0 Å². The average molecular weight is 527 g/mol. The van der Waals surface area contributed by atoms with Crippen LogP contribution in [0.2, 0.25) is 0 Å². The second kappa shape index (κ2) is 8.41. The minimum absolute atomic E-state index is 0.572. The van der Waals surface area contributed by atoms with Gasteiger partial charge in [-0.1, -0.05) is 54.6 Å². The van der Waals surface area contributed by atoms with Crippen molar-refractivity contribution in [3.8, 4) is 22.8 Å². The first-order chi connectivity index (χ1) is 20.3. The van der Waals surface area contributed by atoms with Crippen LogP contribution in [0.5, 0.6) is 0 Å². The standard InChI is InChI=1S/C36H22N4O/c1-2-9-24(10-3-1)39-30-13-6-4-11-26(30)28-22-33-29(21-32(28)39)27-12-5-7-14-31(27)40(33)25-18-16-23(17-19-25)36-38-35-34(41-36)15-8-20-37-35/h1-22H. The summed E-state index contributed by atoms with van der Waals surface area (Å²) in [4.78, 5) is 8.89. The number of hydrogen-bond donors (Lipinski definition) is 0. The fraction of sp³-hybridized carbons (Fsp3) is 0. The molecule has 4 heterocycles. The van der Waals surface area contributed by atoms with Gasteiger partial charge in [-0.2, -0.15) is 4.98 Å². The maximum absolute atomic E-state index is 5.97. The summed E-state index contributed by atoms with van der Waals surface area (Å²) in [5.41, 5.74) is 9.22. The highest BCUT2D eigenvalue weighted by Crippen LogP contribution is 2.39. The van der Waals surface area contributed by atoms with Crippen LogP contribution in [0.3, 0.4) is 0 Å². The summed E-state index contributed by atoms with van der Waals surface area (Å²) in [5.74, 6) is 0.572. The zero-order valence-corrected chi connectivity index (χ0v) is 21.9. The molecule has 0 radical (unpaired) electrons. The molecule has 5 aromatic carbocycles. The molecule has 9 rings (SSSR count). The molecule has 41 heavy (non-hydrogen) atoms. The van der Waals surface area contributed by atoms with Gasteiger partial charge in [0.1, 0.15) is 0 Å². The summed E-state index contributed by atoms with van der Waals surface area (Å²) in [7, 11) is 0. The van der Waals surface area contributed by atoms with E-state index in [0.717, 1.165) is 16.9 Å². The van der Waals surface area contributed by atoms with E-state index in [4.69, 9.17) is 4.42 Å². The molecule has 0 saturated carbocycles. The number of oxazole rings is 1. The van der Waals surface area contributed by atoms with Gasteiger partial charge in [-0.15, -0.1) is 0 Å². The van der Waals surface area contributed by atoms with Crippen LogP contribution < -0.4 is 0 Å². The van der Waals surface area contributed by atoms with Gasteiger partial charge < -0.3 is 13.6 Å². The number of rotatable bonds is 3. The van der Waals surface area contributed by atoms with Crippen LogP contribution in [0.15, 0.2) is 138 Å².